The lowest BCUT2D eigenvalue weighted by Crippen LogP contribution is -2.48. The minimum Gasteiger partial charge on any atom is -0.480 e. The number of carboxylic acid groups (broad SMARTS) is 1. The Labute approximate surface area is 117 Å². The zero-order chi connectivity index (χ0) is 14.5. The minimum absolute atomic E-state index is 0.0741. The standard InChI is InChI=1S/C14H19N3O3/c1-2-17(9-11-5-3-4-8-15-11)14(20)16-12(13(18)19)10-6-7-10/h3-5,8,10,12H,2,6-7,9H2,1H3,(H,16,20)(H,18,19). The average molecular weight is 277 g/mol. The fraction of sp³-hybridized carbons (Fsp3) is 0.500. The molecule has 6 nitrogen and oxygen atoms in total. The highest BCUT2D eigenvalue weighted by molar-refractivity contribution is 5.83. The van der Waals surface area contributed by atoms with E-state index in [4.69, 9.17) is 5.11 Å². The van der Waals surface area contributed by atoms with Crippen molar-refractivity contribution in [3.63, 3.8) is 0 Å². The van der Waals surface area contributed by atoms with Crippen LogP contribution in [0.1, 0.15) is 25.5 Å². The predicted octanol–water partition coefficient (Wildman–Crippen LogP) is 1.48. The lowest BCUT2D eigenvalue weighted by Gasteiger charge is -2.23. The first kappa shape index (κ1) is 14.3. The normalized spacial score (nSPS) is 15.4. The molecule has 1 atom stereocenters. The van der Waals surface area contributed by atoms with Crippen molar-refractivity contribution in [1.29, 1.82) is 0 Å². The molecule has 1 fully saturated rings. The molecule has 1 aromatic heterocycles. The number of amides is 2. The summed E-state index contributed by atoms with van der Waals surface area (Å²) in [5.41, 5.74) is 0.780. The molecule has 1 heterocycles. The number of carbonyl (C=O) groups excluding carboxylic acids is 1. The number of aromatic nitrogens is 1. The molecule has 108 valence electrons. The minimum atomic E-state index is -0.963. The lowest BCUT2D eigenvalue weighted by molar-refractivity contribution is -0.139. The van der Waals surface area contributed by atoms with Crippen molar-refractivity contribution < 1.29 is 14.7 Å². The van der Waals surface area contributed by atoms with Crippen molar-refractivity contribution in [1.82, 2.24) is 15.2 Å². The Morgan fingerprint density at radius 2 is 2.25 bits per heavy atom. The summed E-state index contributed by atoms with van der Waals surface area (Å²) in [5.74, 6) is -0.889. The number of aliphatic carboxylic acids is 1. The van der Waals surface area contributed by atoms with Crippen molar-refractivity contribution >= 4 is 12.0 Å². The third-order valence-electron chi connectivity index (χ3n) is 3.39. The molecule has 0 saturated heterocycles. The van der Waals surface area contributed by atoms with Crippen LogP contribution in [0, 0.1) is 5.92 Å². The molecule has 0 aromatic carbocycles. The third-order valence-corrected chi connectivity index (χ3v) is 3.39. The van der Waals surface area contributed by atoms with Crippen LogP contribution in [0.25, 0.3) is 0 Å². The molecule has 6 heteroatoms. The summed E-state index contributed by atoms with van der Waals surface area (Å²) >= 11 is 0. The zero-order valence-electron chi connectivity index (χ0n) is 11.5. The topological polar surface area (TPSA) is 82.5 Å². The quantitative estimate of drug-likeness (QED) is 0.825. The second-order valence-corrected chi connectivity index (χ2v) is 4.94. The van der Waals surface area contributed by atoms with Crippen LogP contribution in [0.2, 0.25) is 0 Å². The van der Waals surface area contributed by atoms with E-state index < -0.39 is 12.0 Å². The summed E-state index contributed by atoms with van der Waals surface area (Å²) in [5, 5.41) is 11.7. The van der Waals surface area contributed by atoms with E-state index in [0.717, 1.165) is 18.5 Å². The van der Waals surface area contributed by atoms with Crippen LogP contribution in [0.5, 0.6) is 0 Å². The number of urea groups is 1. The first-order valence-corrected chi connectivity index (χ1v) is 6.80. The number of carboxylic acids is 1. The van der Waals surface area contributed by atoms with Crippen LogP contribution >= 0.6 is 0 Å². The van der Waals surface area contributed by atoms with Gasteiger partial charge in [0.15, 0.2) is 0 Å². The van der Waals surface area contributed by atoms with E-state index in [0.29, 0.717) is 13.1 Å². The van der Waals surface area contributed by atoms with Crippen LogP contribution in [0.3, 0.4) is 0 Å². The van der Waals surface area contributed by atoms with Gasteiger partial charge in [0.25, 0.3) is 0 Å². The van der Waals surface area contributed by atoms with Gasteiger partial charge in [-0.25, -0.2) is 9.59 Å². The summed E-state index contributed by atoms with van der Waals surface area (Å²) in [4.78, 5) is 29.0. The van der Waals surface area contributed by atoms with Gasteiger partial charge < -0.3 is 15.3 Å². The lowest BCUT2D eigenvalue weighted by atomic mass is 10.2. The van der Waals surface area contributed by atoms with Crippen LogP contribution in [0.15, 0.2) is 24.4 Å². The molecule has 20 heavy (non-hydrogen) atoms. The molecule has 0 spiro atoms. The van der Waals surface area contributed by atoms with E-state index in [9.17, 15) is 9.59 Å². The van der Waals surface area contributed by atoms with Gasteiger partial charge in [0.1, 0.15) is 6.04 Å². The Bertz CT molecular complexity index is 474. The maximum Gasteiger partial charge on any atom is 0.326 e. The van der Waals surface area contributed by atoms with E-state index >= 15 is 0 Å². The molecule has 1 saturated carbocycles. The summed E-state index contributed by atoms with van der Waals surface area (Å²) in [7, 11) is 0. The third kappa shape index (κ3) is 3.69. The van der Waals surface area contributed by atoms with Crippen LogP contribution in [0.4, 0.5) is 4.79 Å². The molecular formula is C14H19N3O3. The number of nitrogens with zero attached hydrogens (tertiary/aromatic N) is 2. The number of pyridine rings is 1. The molecule has 0 radical (unpaired) electrons. The number of rotatable bonds is 6. The number of hydrogen-bond donors (Lipinski definition) is 2. The number of carbonyl (C=O) groups is 2. The van der Waals surface area contributed by atoms with Crippen LogP contribution in [-0.4, -0.2) is 39.6 Å². The van der Waals surface area contributed by atoms with Gasteiger partial charge in [0.2, 0.25) is 0 Å². The van der Waals surface area contributed by atoms with Gasteiger partial charge in [-0.3, -0.25) is 4.98 Å². The van der Waals surface area contributed by atoms with Crippen LogP contribution in [-0.2, 0) is 11.3 Å². The molecule has 1 unspecified atom stereocenters. The first-order valence-electron chi connectivity index (χ1n) is 6.80. The first-order chi connectivity index (χ1) is 9.61. The van der Waals surface area contributed by atoms with Gasteiger partial charge in [0, 0.05) is 12.7 Å². The fourth-order valence-corrected chi connectivity index (χ4v) is 2.05. The molecule has 1 aliphatic carbocycles. The van der Waals surface area contributed by atoms with Crippen molar-refractivity contribution in [2.75, 3.05) is 6.54 Å². The van der Waals surface area contributed by atoms with Crippen LogP contribution < -0.4 is 5.32 Å². The van der Waals surface area contributed by atoms with Gasteiger partial charge in [-0.2, -0.15) is 0 Å². The van der Waals surface area contributed by atoms with Gasteiger partial charge in [0.05, 0.1) is 12.2 Å². The molecule has 2 rings (SSSR count). The van der Waals surface area contributed by atoms with E-state index in [2.05, 4.69) is 10.3 Å². The Balaban J connectivity index is 1.96. The van der Waals surface area contributed by atoms with Crippen molar-refractivity contribution in [2.24, 2.45) is 5.92 Å². The van der Waals surface area contributed by atoms with Gasteiger partial charge >= 0.3 is 12.0 Å². The SMILES string of the molecule is CCN(Cc1ccccn1)C(=O)NC(C(=O)O)C1CC1. The summed E-state index contributed by atoms with van der Waals surface area (Å²) in [6.07, 6.45) is 3.40. The van der Waals surface area contributed by atoms with Gasteiger partial charge in [-0.15, -0.1) is 0 Å². The molecule has 0 bridgehead atoms. The molecule has 2 N–H and O–H groups in total. The summed E-state index contributed by atoms with van der Waals surface area (Å²) < 4.78 is 0. The maximum absolute atomic E-state index is 12.1. The van der Waals surface area contributed by atoms with Crippen molar-refractivity contribution in [3.8, 4) is 0 Å². The molecule has 1 aromatic rings. The Morgan fingerprint density at radius 3 is 2.75 bits per heavy atom. The number of hydrogen-bond acceptors (Lipinski definition) is 3. The largest absolute Gasteiger partial charge is 0.480 e. The highest BCUT2D eigenvalue weighted by Gasteiger charge is 2.37. The maximum atomic E-state index is 12.1. The molecule has 2 amide bonds. The van der Waals surface area contributed by atoms with E-state index in [1.165, 1.54) is 0 Å². The van der Waals surface area contributed by atoms with E-state index in [1.54, 1.807) is 11.1 Å². The fourth-order valence-electron chi connectivity index (χ4n) is 2.05. The monoisotopic (exact) mass is 277 g/mol. The Kier molecular flexibility index (Phi) is 4.55. The van der Waals surface area contributed by atoms with Crippen molar-refractivity contribution in [2.45, 2.75) is 32.4 Å². The van der Waals surface area contributed by atoms with Gasteiger partial charge in [-0.1, -0.05) is 6.07 Å². The van der Waals surface area contributed by atoms with Gasteiger partial charge in [-0.05, 0) is 37.8 Å². The number of nitrogens with one attached hydrogen (secondary N) is 1. The van der Waals surface area contributed by atoms with E-state index in [-0.39, 0.29) is 11.9 Å². The second kappa shape index (κ2) is 6.36. The average Bonchev–Trinajstić information content (AvgIpc) is 3.27. The summed E-state index contributed by atoms with van der Waals surface area (Å²) in [6.45, 7) is 2.73. The highest BCUT2D eigenvalue weighted by Crippen LogP contribution is 2.32. The predicted molar refractivity (Wildman–Crippen MR) is 73.0 cm³/mol. The molecular weight excluding hydrogens is 258 g/mol. The van der Waals surface area contributed by atoms with Crippen molar-refractivity contribution in [3.05, 3.63) is 30.1 Å². The Morgan fingerprint density at radius 1 is 1.50 bits per heavy atom. The zero-order valence-corrected chi connectivity index (χ0v) is 11.5. The molecule has 0 aliphatic heterocycles. The second-order valence-electron chi connectivity index (χ2n) is 4.94. The Hall–Kier alpha value is -2.11. The smallest absolute Gasteiger partial charge is 0.326 e. The molecule has 1 aliphatic rings. The highest BCUT2D eigenvalue weighted by atomic mass is 16.4. The van der Waals surface area contributed by atoms with E-state index in [1.807, 2.05) is 25.1 Å². The summed E-state index contributed by atoms with van der Waals surface area (Å²) in [6, 6.07) is 4.38.